The molecule has 0 atom stereocenters. The van der Waals surface area contributed by atoms with Crippen molar-refractivity contribution in [3.63, 3.8) is 0 Å². The van der Waals surface area contributed by atoms with Crippen LogP contribution >= 0.6 is 0 Å². The predicted molar refractivity (Wildman–Crippen MR) is 43.7 cm³/mol. The third kappa shape index (κ3) is 5.56. The highest BCUT2D eigenvalue weighted by atomic mass is 32.2. The standard InChI is InChI=1S/C7H12O2S/c1-4-5-7(2)6-10(3,8)9/h4-5H,2,6H2,1,3H3/b5-4-. The van der Waals surface area contributed by atoms with Gasteiger partial charge in [0.15, 0.2) is 9.84 Å². The summed E-state index contributed by atoms with van der Waals surface area (Å²) in [5, 5.41) is 0. The maximum absolute atomic E-state index is 10.6. The number of sulfone groups is 1. The lowest BCUT2D eigenvalue weighted by Crippen LogP contribution is -2.03. The van der Waals surface area contributed by atoms with Crippen LogP contribution in [-0.2, 0) is 9.84 Å². The van der Waals surface area contributed by atoms with Gasteiger partial charge in [-0.3, -0.25) is 0 Å². The summed E-state index contributed by atoms with van der Waals surface area (Å²) in [5.41, 5.74) is 0.630. The Morgan fingerprint density at radius 2 is 2.10 bits per heavy atom. The molecule has 0 N–H and O–H groups in total. The summed E-state index contributed by atoms with van der Waals surface area (Å²) >= 11 is 0. The van der Waals surface area contributed by atoms with E-state index < -0.39 is 9.84 Å². The van der Waals surface area contributed by atoms with Crippen LogP contribution in [-0.4, -0.2) is 20.4 Å². The molecule has 0 aliphatic rings. The normalized spacial score (nSPS) is 12.2. The van der Waals surface area contributed by atoms with Gasteiger partial charge in [-0.05, 0) is 12.5 Å². The number of allylic oxidation sites excluding steroid dienone is 2. The van der Waals surface area contributed by atoms with Gasteiger partial charge in [-0.1, -0.05) is 18.7 Å². The minimum Gasteiger partial charge on any atom is -0.229 e. The van der Waals surface area contributed by atoms with Gasteiger partial charge in [-0.2, -0.15) is 0 Å². The lowest BCUT2D eigenvalue weighted by atomic mass is 10.3. The third-order valence-electron chi connectivity index (χ3n) is 0.850. The summed E-state index contributed by atoms with van der Waals surface area (Å²) in [6, 6.07) is 0. The van der Waals surface area contributed by atoms with Crippen molar-refractivity contribution in [1.82, 2.24) is 0 Å². The molecule has 0 spiro atoms. The second-order valence-corrected chi connectivity index (χ2v) is 4.37. The first kappa shape index (κ1) is 9.43. The molecule has 3 heteroatoms. The van der Waals surface area contributed by atoms with Crippen LogP contribution in [0.25, 0.3) is 0 Å². The van der Waals surface area contributed by atoms with Crippen LogP contribution in [0.15, 0.2) is 24.3 Å². The molecule has 0 fully saturated rings. The molecule has 0 aromatic rings. The molecule has 58 valence electrons. The lowest BCUT2D eigenvalue weighted by Gasteiger charge is -1.94. The average Bonchev–Trinajstić information content (AvgIpc) is 1.59. The topological polar surface area (TPSA) is 34.1 Å². The highest BCUT2D eigenvalue weighted by Crippen LogP contribution is 1.96. The molecule has 0 heterocycles. The van der Waals surface area contributed by atoms with E-state index in [-0.39, 0.29) is 5.75 Å². The monoisotopic (exact) mass is 160 g/mol. The van der Waals surface area contributed by atoms with Gasteiger partial charge in [0.1, 0.15) is 0 Å². The number of hydrogen-bond acceptors (Lipinski definition) is 2. The van der Waals surface area contributed by atoms with Crippen LogP contribution in [0.3, 0.4) is 0 Å². The van der Waals surface area contributed by atoms with Crippen LogP contribution in [0.2, 0.25) is 0 Å². The predicted octanol–water partition coefficient (Wildman–Crippen LogP) is 1.16. The summed E-state index contributed by atoms with van der Waals surface area (Å²) in [6.45, 7) is 5.39. The van der Waals surface area contributed by atoms with Crippen molar-refractivity contribution in [2.75, 3.05) is 12.0 Å². The van der Waals surface area contributed by atoms with E-state index in [2.05, 4.69) is 6.58 Å². The zero-order valence-electron chi connectivity index (χ0n) is 6.29. The smallest absolute Gasteiger partial charge is 0.151 e. The molecule has 0 aliphatic carbocycles. The minimum absolute atomic E-state index is 0.0529. The first-order valence-corrected chi connectivity index (χ1v) is 5.00. The molecule has 0 bridgehead atoms. The summed E-state index contributed by atoms with van der Waals surface area (Å²) in [5.74, 6) is 0.0529. The molecule has 0 amide bonds. The largest absolute Gasteiger partial charge is 0.229 e. The summed E-state index contributed by atoms with van der Waals surface area (Å²) in [6.07, 6.45) is 4.66. The highest BCUT2D eigenvalue weighted by molar-refractivity contribution is 7.90. The van der Waals surface area contributed by atoms with Gasteiger partial charge in [-0.25, -0.2) is 8.42 Å². The van der Waals surface area contributed by atoms with Crippen LogP contribution < -0.4 is 0 Å². The van der Waals surface area contributed by atoms with Gasteiger partial charge in [0.2, 0.25) is 0 Å². The van der Waals surface area contributed by atoms with E-state index in [4.69, 9.17) is 0 Å². The minimum atomic E-state index is -2.90. The fourth-order valence-corrected chi connectivity index (χ4v) is 1.39. The van der Waals surface area contributed by atoms with E-state index in [1.807, 2.05) is 6.92 Å². The quantitative estimate of drug-likeness (QED) is 0.581. The van der Waals surface area contributed by atoms with E-state index in [1.165, 1.54) is 6.26 Å². The first-order chi connectivity index (χ1) is 4.45. The average molecular weight is 160 g/mol. The SMILES string of the molecule is C=C(/C=C\C)CS(C)(=O)=O. The Labute approximate surface area is 62.2 Å². The van der Waals surface area contributed by atoms with Gasteiger partial charge in [0.25, 0.3) is 0 Å². The van der Waals surface area contributed by atoms with Gasteiger partial charge in [0.05, 0.1) is 5.75 Å². The Morgan fingerprint density at radius 1 is 1.60 bits per heavy atom. The molecule has 0 radical (unpaired) electrons. The van der Waals surface area contributed by atoms with Crippen molar-refractivity contribution in [3.05, 3.63) is 24.3 Å². The molecular formula is C7H12O2S. The third-order valence-corrected chi connectivity index (χ3v) is 1.75. The maximum atomic E-state index is 10.6. The molecule has 0 aromatic heterocycles. The second kappa shape index (κ2) is 3.56. The molecule has 0 saturated heterocycles. The van der Waals surface area contributed by atoms with E-state index in [1.54, 1.807) is 12.2 Å². The van der Waals surface area contributed by atoms with E-state index >= 15 is 0 Å². The van der Waals surface area contributed by atoms with Crippen molar-refractivity contribution < 1.29 is 8.42 Å². The summed E-state index contributed by atoms with van der Waals surface area (Å²) in [4.78, 5) is 0. The van der Waals surface area contributed by atoms with Gasteiger partial charge >= 0.3 is 0 Å². The molecule has 0 unspecified atom stereocenters. The van der Waals surface area contributed by atoms with E-state index in [0.29, 0.717) is 5.57 Å². The van der Waals surface area contributed by atoms with E-state index in [9.17, 15) is 8.42 Å². The van der Waals surface area contributed by atoms with Gasteiger partial charge in [0, 0.05) is 6.26 Å². The lowest BCUT2D eigenvalue weighted by molar-refractivity contribution is 0.604. The Bertz CT molecular complexity index is 234. The second-order valence-electron chi connectivity index (χ2n) is 2.23. The summed E-state index contributed by atoms with van der Waals surface area (Å²) < 4.78 is 21.2. The van der Waals surface area contributed by atoms with Crippen molar-refractivity contribution in [2.45, 2.75) is 6.92 Å². The maximum Gasteiger partial charge on any atom is 0.151 e. The van der Waals surface area contributed by atoms with Crippen LogP contribution in [0.4, 0.5) is 0 Å². The van der Waals surface area contributed by atoms with Crippen LogP contribution in [0.5, 0.6) is 0 Å². The number of rotatable bonds is 3. The molecule has 10 heavy (non-hydrogen) atoms. The fraction of sp³-hybridized carbons (Fsp3) is 0.429. The van der Waals surface area contributed by atoms with Gasteiger partial charge < -0.3 is 0 Å². The summed E-state index contributed by atoms with van der Waals surface area (Å²) in [7, 11) is -2.90. The van der Waals surface area contributed by atoms with Crippen molar-refractivity contribution >= 4 is 9.84 Å². The first-order valence-electron chi connectivity index (χ1n) is 2.94. The molecule has 0 aromatic carbocycles. The van der Waals surface area contributed by atoms with Crippen molar-refractivity contribution in [2.24, 2.45) is 0 Å². The molecule has 2 nitrogen and oxygen atoms in total. The van der Waals surface area contributed by atoms with Crippen molar-refractivity contribution in [3.8, 4) is 0 Å². The van der Waals surface area contributed by atoms with Crippen LogP contribution in [0, 0.1) is 0 Å². The highest BCUT2D eigenvalue weighted by Gasteiger charge is 2.01. The zero-order valence-corrected chi connectivity index (χ0v) is 7.11. The molecule has 0 rings (SSSR count). The molecule has 0 saturated carbocycles. The van der Waals surface area contributed by atoms with Crippen LogP contribution in [0.1, 0.15) is 6.92 Å². The Morgan fingerprint density at radius 3 is 2.40 bits per heavy atom. The Balaban J connectivity index is 4.07. The number of hydrogen-bond donors (Lipinski definition) is 0. The Hall–Kier alpha value is -0.570. The fourth-order valence-electron chi connectivity index (χ4n) is 0.621. The zero-order chi connectivity index (χ0) is 8.20. The molecular weight excluding hydrogens is 148 g/mol. The van der Waals surface area contributed by atoms with Crippen molar-refractivity contribution in [1.29, 1.82) is 0 Å². The van der Waals surface area contributed by atoms with E-state index in [0.717, 1.165) is 0 Å². The van der Waals surface area contributed by atoms with Gasteiger partial charge in [-0.15, -0.1) is 0 Å². The molecule has 0 aliphatic heterocycles. The Kier molecular flexibility index (Phi) is 3.36.